The summed E-state index contributed by atoms with van der Waals surface area (Å²) in [6, 6.07) is 7.87. The van der Waals surface area contributed by atoms with Crippen molar-refractivity contribution in [2.45, 2.75) is 19.4 Å². The minimum absolute atomic E-state index is 0.195. The summed E-state index contributed by atoms with van der Waals surface area (Å²) in [4.78, 5) is 28.7. The summed E-state index contributed by atoms with van der Waals surface area (Å²) in [6.07, 6.45) is 0.877. The fourth-order valence-corrected chi connectivity index (χ4v) is 2.70. The first-order valence-corrected chi connectivity index (χ1v) is 9.13. The average Bonchev–Trinajstić information content (AvgIpc) is 2.76. The molecule has 0 spiro atoms. The molecular weight excluding hydrogens is 425 g/mol. The molecule has 10 heteroatoms. The van der Waals surface area contributed by atoms with Gasteiger partial charge in [-0.3, -0.25) is 14.6 Å². The zero-order valence-electron chi connectivity index (χ0n) is 16.2. The molecule has 0 saturated carbocycles. The molecule has 2 atom stereocenters. The number of nitrogens with zero attached hydrogens (tertiary/aromatic N) is 1. The zero-order chi connectivity index (χ0) is 23.1. The van der Waals surface area contributed by atoms with Crippen LogP contribution in [-0.4, -0.2) is 42.3 Å². The number of benzene rings is 2. The first-order chi connectivity index (χ1) is 14.7. The largest absolute Gasteiger partial charge is 0.465 e. The van der Waals surface area contributed by atoms with Gasteiger partial charge in [-0.1, -0.05) is 30.3 Å². The Labute approximate surface area is 174 Å². The third-order valence-corrected chi connectivity index (χ3v) is 4.25. The normalized spacial score (nSPS) is 13.3. The highest BCUT2D eigenvalue weighted by molar-refractivity contribution is 6.18. The van der Waals surface area contributed by atoms with E-state index in [9.17, 15) is 36.6 Å². The Morgan fingerprint density at radius 2 is 1.55 bits per heavy atom. The van der Waals surface area contributed by atoms with Gasteiger partial charge in [0, 0.05) is 6.21 Å². The number of aliphatic hydroxyl groups excluding tert-OH is 1. The van der Waals surface area contributed by atoms with E-state index in [0.717, 1.165) is 5.56 Å². The minimum Gasteiger partial charge on any atom is -0.465 e. The number of ketones is 1. The van der Waals surface area contributed by atoms with Crippen molar-refractivity contribution in [3.63, 3.8) is 0 Å². The molecule has 2 aromatic rings. The molecule has 166 valence electrons. The number of aliphatic hydroxyl groups is 1. The number of rotatable bonds is 9. The van der Waals surface area contributed by atoms with Gasteiger partial charge in [0.2, 0.25) is 5.82 Å². The molecule has 2 aromatic carbocycles. The molecular formula is C21H18F5NO4. The Bertz CT molecular complexity index is 952. The number of ether oxygens (including phenoxy) is 1. The minimum atomic E-state index is -2.43. The van der Waals surface area contributed by atoms with Crippen LogP contribution in [0.15, 0.2) is 35.3 Å². The fraction of sp³-hybridized carbons (Fsp3) is 0.286. The Morgan fingerprint density at radius 3 is 2.06 bits per heavy atom. The molecule has 5 nitrogen and oxygen atoms in total. The van der Waals surface area contributed by atoms with Crippen LogP contribution in [0.2, 0.25) is 0 Å². The lowest BCUT2D eigenvalue weighted by atomic mass is 9.96. The van der Waals surface area contributed by atoms with Gasteiger partial charge in [-0.05, 0) is 18.9 Å². The zero-order valence-corrected chi connectivity index (χ0v) is 16.2. The van der Waals surface area contributed by atoms with Crippen molar-refractivity contribution in [2.75, 3.05) is 13.2 Å². The summed E-state index contributed by atoms with van der Waals surface area (Å²) in [6.45, 7) is 0.666. The first kappa shape index (κ1) is 24.1. The number of hydrogen-bond acceptors (Lipinski definition) is 5. The lowest BCUT2D eigenvalue weighted by Crippen LogP contribution is -2.31. The van der Waals surface area contributed by atoms with Gasteiger partial charge in [0.05, 0.1) is 24.8 Å². The van der Waals surface area contributed by atoms with E-state index in [1.807, 2.05) is 0 Å². The van der Waals surface area contributed by atoms with Crippen LogP contribution < -0.4 is 0 Å². The third kappa shape index (κ3) is 5.52. The number of halogens is 5. The van der Waals surface area contributed by atoms with Crippen LogP contribution in [0, 0.1) is 35.0 Å². The third-order valence-electron chi connectivity index (χ3n) is 4.25. The van der Waals surface area contributed by atoms with Gasteiger partial charge in [-0.25, -0.2) is 22.0 Å². The number of aliphatic imine (C=N–C) groups is 1. The molecule has 0 heterocycles. The Balaban J connectivity index is 2.42. The summed E-state index contributed by atoms with van der Waals surface area (Å²) >= 11 is 0. The van der Waals surface area contributed by atoms with Crippen LogP contribution in [-0.2, 0) is 16.0 Å². The Morgan fingerprint density at radius 1 is 1.00 bits per heavy atom. The highest BCUT2D eigenvalue weighted by Crippen LogP contribution is 2.25. The van der Waals surface area contributed by atoms with Gasteiger partial charge in [0.1, 0.15) is 0 Å². The van der Waals surface area contributed by atoms with E-state index in [1.165, 1.54) is 6.92 Å². The van der Waals surface area contributed by atoms with Gasteiger partial charge in [-0.2, -0.15) is 0 Å². The van der Waals surface area contributed by atoms with E-state index < -0.39 is 65.0 Å². The van der Waals surface area contributed by atoms with Crippen LogP contribution in [0.5, 0.6) is 0 Å². The fourth-order valence-electron chi connectivity index (χ4n) is 2.70. The molecule has 1 unspecified atom stereocenters. The number of hydrogen-bond donors (Lipinski definition) is 1. The van der Waals surface area contributed by atoms with Crippen LogP contribution >= 0.6 is 0 Å². The second-order valence-electron chi connectivity index (χ2n) is 6.36. The lowest BCUT2D eigenvalue weighted by molar-refractivity contribution is -0.144. The van der Waals surface area contributed by atoms with Crippen LogP contribution in [0.1, 0.15) is 22.8 Å². The van der Waals surface area contributed by atoms with Gasteiger partial charge in [-0.15, -0.1) is 0 Å². The predicted octanol–water partition coefficient (Wildman–Crippen LogP) is 3.42. The van der Waals surface area contributed by atoms with Crippen molar-refractivity contribution >= 4 is 18.0 Å². The van der Waals surface area contributed by atoms with Crippen molar-refractivity contribution in [3.8, 4) is 0 Å². The highest BCUT2D eigenvalue weighted by Gasteiger charge is 2.36. The molecule has 0 aliphatic rings. The summed E-state index contributed by atoms with van der Waals surface area (Å²) < 4.78 is 73.0. The second kappa shape index (κ2) is 10.8. The maximum atomic E-state index is 14.0. The molecule has 0 saturated heterocycles. The first-order valence-electron chi connectivity index (χ1n) is 9.13. The quantitative estimate of drug-likeness (QED) is 0.123. The summed E-state index contributed by atoms with van der Waals surface area (Å²) in [7, 11) is 0. The highest BCUT2D eigenvalue weighted by atomic mass is 19.2. The number of Topliss-reactive ketones (excluding diaryl/α,β-unsaturated/α-hetero) is 1. The van der Waals surface area contributed by atoms with E-state index in [4.69, 9.17) is 0 Å². The molecule has 0 fully saturated rings. The molecule has 0 amide bonds. The molecule has 31 heavy (non-hydrogen) atoms. The van der Waals surface area contributed by atoms with Gasteiger partial charge in [0.15, 0.2) is 35.0 Å². The molecule has 0 aliphatic carbocycles. The van der Waals surface area contributed by atoms with Gasteiger partial charge >= 0.3 is 5.97 Å². The van der Waals surface area contributed by atoms with E-state index in [1.54, 1.807) is 30.3 Å². The smallest absolute Gasteiger partial charge is 0.322 e. The summed E-state index contributed by atoms with van der Waals surface area (Å²) in [5.41, 5.74) is -1.01. The Kier molecular flexibility index (Phi) is 8.38. The van der Waals surface area contributed by atoms with Crippen molar-refractivity contribution in [1.82, 2.24) is 0 Å². The van der Waals surface area contributed by atoms with E-state index in [0.29, 0.717) is 6.21 Å². The maximum absolute atomic E-state index is 14.0. The summed E-state index contributed by atoms with van der Waals surface area (Å²) in [5.74, 6) is -16.9. The topological polar surface area (TPSA) is 76.0 Å². The standard InChI is InChI=1S/C21H18F5NO4/c1-2-31-21(30)13(9-27-12(10-28)8-11-6-4-3-5-7-11)20(29)14-15(22)17(24)19(26)18(25)16(14)23/h3-7,9,12-13,28H,2,8,10H2,1H3/t12-,13?/m0/s1. The lowest BCUT2D eigenvalue weighted by Gasteiger charge is -2.14. The molecule has 0 bridgehead atoms. The van der Waals surface area contributed by atoms with Crippen LogP contribution in [0.3, 0.4) is 0 Å². The number of carbonyl (C=O) groups excluding carboxylic acids is 2. The van der Waals surface area contributed by atoms with E-state index >= 15 is 0 Å². The van der Waals surface area contributed by atoms with E-state index in [-0.39, 0.29) is 13.0 Å². The van der Waals surface area contributed by atoms with Crippen molar-refractivity contribution in [3.05, 3.63) is 70.5 Å². The van der Waals surface area contributed by atoms with Crippen molar-refractivity contribution in [2.24, 2.45) is 10.9 Å². The van der Waals surface area contributed by atoms with E-state index in [2.05, 4.69) is 9.73 Å². The maximum Gasteiger partial charge on any atom is 0.322 e. The monoisotopic (exact) mass is 443 g/mol. The van der Waals surface area contributed by atoms with Crippen LogP contribution in [0.4, 0.5) is 22.0 Å². The van der Waals surface area contributed by atoms with Crippen LogP contribution in [0.25, 0.3) is 0 Å². The molecule has 0 aliphatic heterocycles. The van der Waals surface area contributed by atoms with Crippen molar-refractivity contribution < 1.29 is 41.4 Å². The van der Waals surface area contributed by atoms with Gasteiger partial charge < -0.3 is 9.84 Å². The van der Waals surface area contributed by atoms with Crippen molar-refractivity contribution in [1.29, 1.82) is 0 Å². The second-order valence-corrected chi connectivity index (χ2v) is 6.36. The number of carbonyl (C=O) groups is 2. The molecule has 0 radical (unpaired) electrons. The summed E-state index contributed by atoms with van der Waals surface area (Å²) in [5, 5.41) is 9.51. The molecule has 2 rings (SSSR count). The Hall–Kier alpha value is -3.14. The predicted molar refractivity (Wildman–Crippen MR) is 100 cm³/mol. The molecule has 0 aromatic heterocycles. The van der Waals surface area contributed by atoms with Gasteiger partial charge in [0.25, 0.3) is 0 Å². The molecule has 1 N–H and O–H groups in total. The number of esters is 1. The SMILES string of the molecule is CCOC(=O)C(C=N[C@H](CO)Cc1ccccc1)C(=O)c1c(F)c(F)c(F)c(F)c1F. The average molecular weight is 443 g/mol.